The van der Waals surface area contributed by atoms with Crippen molar-refractivity contribution in [3.8, 4) is 5.69 Å². The van der Waals surface area contributed by atoms with Gasteiger partial charge in [-0.05, 0) is 106 Å². The molecular weight excluding hydrogens is 1040 g/mol. The highest BCUT2D eigenvalue weighted by molar-refractivity contribution is 8.13. The predicted molar refractivity (Wildman–Crippen MR) is 283 cm³/mol. The Morgan fingerprint density at radius 2 is 1.66 bits per heavy atom. The van der Waals surface area contributed by atoms with Crippen LogP contribution in [0.4, 0.5) is 8.78 Å². The number of nitrogens with zero attached hydrogens (tertiary/aromatic N) is 3. The van der Waals surface area contributed by atoms with Crippen LogP contribution in [0, 0.1) is 28.6 Å². The van der Waals surface area contributed by atoms with Crippen LogP contribution in [0.3, 0.4) is 0 Å². The summed E-state index contributed by atoms with van der Waals surface area (Å²) in [5.41, 5.74) is -2.98. The Labute approximate surface area is 449 Å². The Bertz CT molecular complexity index is 2570. The quantitative estimate of drug-likeness (QED) is 0.0410. The number of benzene rings is 1. The number of aliphatic hydroxyl groups excluding tert-OH is 1. The van der Waals surface area contributed by atoms with Crippen LogP contribution < -0.4 is 5.32 Å². The number of hydrogen-bond donors (Lipinski definition) is 4. The molecule has 3 unspecified atom stereocenters. The number of phosphoric ester groups is 1. The highest BCUT2D eigenvalue weighted by Crippen LogP contribution is 2.72. The third-order valence-corrected chi connectivity index (χ3v) is 21.3. The van der Waals surface area contributed by atoms with Crippen molar-refractivity contribution in [2.75, 3.05) is 31.7 Å². The summed E-state index contributed by atoms with van der Waals surface area (Å²) < 4.78 is 82.6. The van der Waals surface area contributed by atoms with Gasteiger partial charge in [-0.2, -0.15) is 0 Å². The molecule has 0 bridgehead atoms. The van der Waals surface area contributed by atoms with Gasteiger partial charge in [-0.1, -0.05) is 114 Å². The Morgan fingerprint density at radius 3 is 2.36 bits per heavy atom. The van der Waals surface area contributed by atoms with Crippen molar-refractivity contribution in [2.24, 2.45) is 28.6 Å². The lowest BCUT2D eigenvalue weighted by atomic mass is 9.44. The number of rotatable bonds is 25. The number of thioether (sulfide) groups is 1. The summed E-state index contributed by atoms with van der Waals surface area (Å²) in [5, 5.41) is 22.9. The van der Waals surface area contributed by atoms with Gasteiger partial charge >= 0.3 is 21.4 Å². The molecule has 7 rings (SSSR count). The standard InChI is InChI=1S/C54H78F2N4O13P2S/c1-6-37-21-23-38(24-22-37)60-44-19-15-14-16-20-45(49(44)58-59-60)70-35-47(63)57-27-28-71-75(68,69)73-74(66,67)29-17-12-10-8-9-11-13-18-30-76-50(65)54(72-48(64)7-2)36(3)31-40-41-33-43(55)42-32-39(61)25-26-51(42,4)53(41,56)46(62)34-52(40,54)5/h21-26,32,36,40-41,43,45-46,62H,6-20,27-31,33-35H2,1-5H3,(H,57,63)(H,66,67)(H,68,69)/t36-,40+,41+,43+,45?,46+,51+,52+,53+,54+/m1/s1. The number of esters is 1. The fraction of sp³-hybridized carbons (Fsp3) is 0.704. The molecule has 1 aromatic heterocycles. The van der Waals surface area contributed by atoms with Gasteiger partial charge in [0.05, 0.1) is 30.3 Å². The largest absolute Gasteiger partial charge is 0.479 e. The van der Waals surface area contributed by atoms with Crippen molar-refractivity contribution < 1.29 is 70.3 Å². The maximum Gasteiger partial charge on any atom is 0.479 e. The van der Waals surface area contributed by atoms with Crippen molar-refractivity contribution in [3.63, 3.8) is 0 Å². The highest BCUT2D eigenvalue weighted by Gasteiger charge is 2.78. The van der Waals surface area contributed by atoms with E-state index in [2.05, 4.69) is 39.0 Å². The third-order valence-electron chi connectivity index (χ3n) is 17.0. The fourth-order valence-corrected chi connectivity index (χ4v) is 17.0. The Hall–Kier alpha value is -3.45. The number of aromatic nitrogens is 3. The molecule has 0 saturated heterocycles. The highest BCUT2D eigenvalue weighted by atomic mass is 32.2. The molecule has 3 saturated carbocycles. The number of fused-ring (bicyclic) bond motifs is 6. The van der Waals surface area contributed by atoms with Gasteiger partial charge in [0.15, 0.2) is 17.1 Å². The van der Waals surface area contributed by atoms with Gasteiger partial charge in [-0.15, -0.1) is 5.10 Å². The third kappa shape index (κ3) is 12.8. The molecule has 2 aromatic rings. The average molecular weight is 1120 g/mol. The second-order valence-electron chi connectivity index (χ2n) is 21.9. The number of phosphoric acid groups is 1. The van der Waals surface area contributed by atoms with Gasteiger partial charge < -0.3 is 29.7 Å². The number of alkyl halides is 2. The number of ether oxygens (including phenoxy) is 2. The van der Waals surface area contributed by atoms with Crippen LogP contribution in [0.2, 0.25) is 0 Å². The number of aryl methyl sites for hydroxylation is 1. The molecule has 5 aliphatic rings. The van der Waals surface area contributed by atoms with Crippen LogP contribution in [0.25, 0.3) is 5.69 Å². The van der Waals surface area contributed by atoms with E-state index in [0.29, 0.717) is 30.7 Å². The molecule has 0 radical (unpaired) electrons. The number of amides is 1. The number of hydrogen-bond acceptors (Lipinski definition) is 14. The van der Waals surface area contributed by atoms with E-state index in [-0.39, 0.29) is 62.1 Å². The first-order chi connectivity index (χ1) is 36.1. The number of carbonyl (C=O) groups is 4. The van der Waals surface area contributed by atoms with Gasteiger partial charge in [0, 0.05) is 41.4 Å². The van der Waals surface area contributed by atoms with Crippen LogP contribution in [0.5, 0.6) is 0 Å². The van der Waals surface area contributed by atoms with E-state index in [1.54, 1.807) is 13.8 Å². The molecule has 0 spiro atoms. The molecule has 1 aromatic carbocycles. The Balaban J connectivity index is 0.777. The van der Waals surface area contributed by atoms with E-state index in [1.165, 1.54) is 24.6 Å². The minimum atomic E-state index is -4.93. The lowest BCUT2D eigenvalue weighted by molar-refractivity contribution is -0.228. The number of allylic oxidation sites excluding steroid dienone is 4. The van der Waals surface area contributed by atoms with Gasteiger partial charge in [0.1, 0.15) is 24.6 Å². The van der Waals surface area contributed by atoms with Crippen LogP contribution >= 0.6 is 27.2 Å². The Morgan fingerprint density at radius 1 is 0.961 bits per heavy atom. The van der Waals surface area contributed by atoms with E-state index < -0.39 is 97.9 Å². The van der Waals surface area contributed by atoms with Crippen molar-refractivity contribution >= 4 is 50.0 Å². The molecule has 0 aliphatic heterocycles. The van der Waals surface area contributed by atoms with Gasteiger partial charge in [-0.25, -0.2) is 22.3 Å². The van der Waals surface area contributed by atoms with E-state index in [0.717, 1.165) is 93.4 Å². The van der Waals surface area contributed by atoms with Crippen molar-refractivity contribution in [2.45, 2.75) is 180 Å². The second-order valence-corrected chi connectivity index (χ2v) is 26.5. The number of aliphatic hydroxyl groups is 1. The van der Waals surface area contributed by atoms with E-state index in [9.17, 15) is 43.2 Å². The lowest BCUT2D eigenvalue weighted by Crippen LogP contribution is -2.70. The molecule has 422 valence electrons. The van der Waals surface area contributed by atoms with E-state index in [1.807, 2.05) is 23.7 Å². The average Bonchev–Trinajstić information content (AvgIpc) is 3.88. The summed E-state index contributed by atoms with van der Waals surface area (Å²) >= 11 is 1.07. The molecule has 5 aliphatic carbocycles. The second kappa shape index (κ2) is 25.3. The van der Waals surface area contributed by atoms with Crippen LogP contribution in [-0.2, 0) is 59.5 Å². The number of ketones is 1. The summed E-state index contributed by atoms with van der Waals surface area (Å²) in [5.74, 6) is -3.22. The summed E-state index contributed by atoms with van der Waals surface area (Å²) in [6, 6.07) is 8.15. The van der Waals surface area contributed by atoms with Gasteiger partial charge in [-0.3, -0.25) is 28.3 Å². The van der Waals surface area contributed by atoms with Crippen LogP contribution in [-0.4, -0.2) is 108 Å². The molecule has 4 N–H and O–H groups in total. The zero-order valence-electron chi connectivity index (χ0n) is 44.6. The summed E-state index contributed by atoms with van der Waals surface area (Å²) in [6.07, 6.45) is 10.4. The number of carbonyl (C=O) groups excluding carboxylic acids is 4. The minimum Gasteiger partial charge on any atom is -0.449 e. The first kappa shape index (κ1) is 60.2. The normalized spacial score (nSPS) is 31.6. The SMILES string of the molecule is CCC(=O)O[C@]1(C(=O)SCCCCCCCCCCP(=O)(O)OP(=O)(O)OCCNC(=O)COC2CCCCCc3c2nnn3-c2ccc(CC)cc2)[C@H](C)C[C@H]2[C@@H]3C[C@H](F)C4=CC(=O)C=C[C@]4(C)[C@@]3(F)[C@@H](O)C[C@@]21C. The number of halogens is 2. The zero-order chi connectivity index (χ0) is 55.1. The topological polar surface area (TPSA) is 243 Å². The summed E-state index contributed by atoms with van der Waals surface area (Å²) in [4.78, 5) is 73.1. The maximum atomic E-state index is 17.8. The Kier molecular flexibility index (Phi) is 20.1. The monoisotopic (exact) mass is 1120 g/mol. The first-order valence-electron chi connectivity index (χ1n) is 27.3. The molecule has 12 atom stereocenters. The molecule has 3 fully saturated rings. The van der Waals surface area contributed by atoms with Crippen molar-refractivity contribution in [1.82, 2.24) is 20.3 Å². The van der Waals surface area contributed by atoms with Gasteiger partial charge in [0.2, 0.25) is 11.0 Å². The lowest BCUT2D eigenvalue weighted by Gasteiger charge is -2.63. The zero-order valence-corrected chi connectivity index (χ0v) is 47.2. The van der Waals surface area contributed by atoms with E-state index in [4.69, 9.17) is 14.0 Å². The molecular formula is C54H78F2N4O13P2S. The molecule has 17 nitrogen and oxygen atoms in total. The molecule has 76 heavy (non-hydrogen) atoms. The first-order valence-corrected chi connectivity index (χ1v) is 31.6. The summed E-state index contributed by atoms with van der Waals surface area (Å²) in [7, 11) is -9.41. The maximum absolute atomic E-state index is 17.8. The number of nitrogens with one attached hydrogen (secondary N) is 1. The minimum absolute atomic E-state index is 0.00367. The molecule has 1 heterocycles. The fourth-order valence-electron chi connectivity index (χ4n) is 13.0. The smallest absolute Gasteiger partial charge is 0.449 e. The molecule has 22 heteroatoms. The van der Waals surface area contributed by atoms with Gasteiger partial charge in [0.25, 0.3) is 0 Å². The predicted octanol–water partition coefficient (Wildman–Crippen LogP) is 10.1. The van der Waals surface area contributed by atoms with E-state index >= 15 is 8.78 Å². The van der Waals surface area contributed by atoms with Crippen molar-refractivity contribution in [1.29, 1.82) is 0 Å². The van der Waals surface area contributed by atoms with Crippen LogP contribution in [0.15, 0.2) is 48.1 Å². The number of unbranched alkanes of at least 4 members (excludes halogenated alkanes) is 7. The van der Waals surface area contributed by atoms with Crippen LogP contribution in [0.1, 0.15) is 160 Å². The van der Waals surface area contributed by atoms with Crippen molar-refractivity contribution in [3.05, 3.63) is 65.0 Å². The molecule has 1 amide bonds. The summed E-state index contributed by atoms with van der Waals surface area (Å²) in [6.45, 7) is 7.91.